The van der Waals surface area contributed by atoms with Gasteiger partial charge in [0, 0.05) is 12.6 Å². The Balaban J connectivity index is 2.55. The van der Waals surface area contributed by atoms with Crippen molar-refractivity contribution in [2.24, 2.45) is 5.41 Å². The van der Waals surface area contributed by atoms with Gasteiger partial charge in [-0.1, -0.05) is 20.8 Å². The van der Waals surface area contributed by atoms with Crippen LogP contribution >= 0.6 is 0 Å². The van der Waals surface area contributed by atoms with Crippen LogP contribution in [0.2, 0.25) is 0 Å². The Hall–Kier alpha value is -0.0800. The molecule has 3 atom stereocenters. The fraction of sp³-hybridized carbons (Fsp3) is 1.00. The molecular weight excluding hydrogens is 162 g/mol. The monoisotopic (exact) mass is 185 g/mol. The topological polar surface area (TPSA) is 12.2 Å². The molecule has 0 aliphatic carbocycles. The van der Waals surface area contributed by atoms with E-state index in [9.17, 15) is 0 Å². The molecule has 1 fully saturated rings. The molecule has 1 unspecified atom stereocenters. The van der Waals surface area contributed by atoms with Crippen LogP contribution in [0.15, 0.2) is 0 Å². The Bertz CT molecular complexity index is 171. The van der Waals surface area contributed by atoms with E-state index in [-0.39, 0.29) is 5.41 Å². The highest BCUT2D eigenvalue weighted by Gasteiger charge is 2.44. The first kappa shape index (κ1) is 11.0. The summed E-state index contributed by atoms with van der Waals surface area (Å²) in [7, 11) is 2.16. The largest absolute Gasteiger partial charge is 0.373 e. The third-order valence-electron chi connectivity index (χ3n) is 2.53. The van der Waals surface area contributed by atoms with Crippen molar-refractivity contribution in [1.29, 1.82) is 0 Å². The summed E-state index contributed by atoms with van der Waals surface area (Å²) in [6.45, 7) is 12.2. The molecule has 0 aromatic carbocycles. The molecule has 0 aromatic rings. The van der Waals surface area contributed by atoms with Crippen LogP contribution in [0, 0.1) is 5.41 Å². The maximum atomic E-state index is 5.97. The summed E-state index contributed by atoms with van der Waals surface area (Å²) in [5.41, 5.74) is 0.250. The Labute approximate surface area is 82.3 Å². The highest BCUT2D eigenvalue weighted by atomic mass is 16.5. The smallest absolute Gasteiger partial charge is 0.0794 e. The second-order valence-electron chi connectivity index (χ2n) is 5.48. The summed E-state index contributed by atoms with van der Waals surface area (Å²) in [6.07, 6.45) is 0.704. The minimum Gasteiger partial charge on any atom is -0.373 e. The van der Waals surface area contributed by atoms with Crippen LogP contribution in [0.3, 0.4) is 0 Å². The second kappa shape index (κ2) is 3.58. The summed E-state index contributed by atoms with van der Waals surface area (Å²) >= 11 is 0. The van der Waals surface area contributed by atoms with E-state index < -0.39 is 0 Å². The van der Waals surface area contributed by atoms with E-state index in [1.165, 1.54) is 6.54 Å². The zero-order valence-corrected chi connectivity index (χ0v) is 9.79. The van der Waals surface area contributed by atoms with Crippen LogP contribution < -0.4 is 0 Å². The highest BCUT2D eigenvalue weighted by molar-refractivity contribution is 4.98. The molecule has 78 valence electrons. The van der Waals surface area contributed by atoms with Gasteiger partial charge in [-0.05, 0) is 26.3 Å². The van der Waals surface area contributed by atoms with E-state index in [2.05, 4.69) is 46.6 Å². The summed E-state index contributed by atoms with van der Waals surface area (Å²) in [5.74, 6) is 0. The zero-order chi connectivity index (χ0) is 10.2. The number of nitrogens with zero attached hydrogens (tertiary/aromatic N) is 1. The summed E-state index contributed by atoms with van der Waals surface area (Å²) in [4.78, 5) is 2.35. The Morgan fingerprint density at radius 3 is 2.00 bits per heavy atom. The van der Waals surface area contributed by atoms with Crippen LogP contribution in [0.25, 0.3) is 0 Å². The van der Waals surface area contributed by atoms with Gasteiger partial charge in [0.25, 0.3) is 0 Å². The molecule has 13 heavy (non-hydrogen) atoms. The molecular formula is C11H23NO. The Morgan fingerprint density at radius 1 is 1.31 bits per heavy atom. The van der Waals surface area contributed by atoms with E-state index in [1.807, 2.05) is 0 Å². The number of ether oxygens (including phenoxy) is 1. The van der Waals surface area contributed by atoms with Crippen molar-refractivity contribution in [3.05, 3.63) is 0 Å². The Kier molecular flexibility index (Phi) is 3.03. The molecule has 2 heteroatoms. The average Bonchev–Trinajstić information content (AvgIpc) is 2.59. The predicted molar refractivity (Wildman–Crippen MR) is 55.9 cm³/mol. The normalized spacial score (nSPS) is 30.7. The third kappa shape index (κ3) is 2.96. The molecule has 1 heterocycles. The van der Waals surface area contributed by atoms with Crippen molar-refractivity contribution in [1.82, 2.24) is 4.90 Å². The van der Waals surface area contributed by atoms with Gasteiger partial charge in [0.1, 0.15) is 0 Å². The molecule has 1 aliphatic heterocycles. The maximum absolute atomic E-state index is 5.97. The van der Waals surface area contributed by atoms with Gasteiger partial charge in [0.15, 0.2) is 0 Å². The summed E-state index contributed by atoms with van der Waals surface area (Å²) in [5, 5.41) is 0. The van der Waals surface area contributed by atoms with Gasteiger partial charge >= 0.3 is 0 Å². The van der Waals surface area contributed by atoms with Crippen molar-refractivity contribution >= 4 is 0 Å². The molecule has 0 spiro atoms. The average molecular weight is 185 g/mol. The minimum absolute atomic E-state index is 0.250. The Morgan fingerprint density at radius 2 is 1.77 bits per heavy atom. The minimum atomic E-state index is 0.250. The van der Waals surface area contributed by atoms with Gasteiger partial charge in [-0.25, -0.2) is 0 Å². The molecule has 2 nitrogen and oxygen atoms in total. The second-order valence-corrected chi connectivity index (χ2v) is 5.48. The van der Waals surface area contributed by atoms with Crippen LogP contribution in [0.5, 0.6) is 0 Å². The number of hydrogen-bond acceptors (Lipinski definition) is 2. The molecule has 1 saturated heterocycles. The van der Waals surface area contributed by atoms with Crippen LogP contribution in [0.1, 0.15) is 34.6 Å². The third-order valence-corrected chi connectivity index (χ3v) is 2.53. The zero-order valence-electron chi connectivity index (χ0n) is 9.79. The van der Waals surface area contributed by atoms with E-state index in [0.717, 1.165) is 0 Å². The van der Waals surface area contributed by atoms with Gasteiger partial charge < -0.3 is 4.74 Å². The van der Waals surface area contributed by atoms with Crippen molar-refractivity contribution in [3.8, 4) is 0 Å². The summed E-state index contributed by atoms with van der Waals surface area (Å²) < 4.78 is 5.97. The maximum Gasteiger partial charge on any atom is 0.0794 e. The number of rotatable bonds is 3. The van der Waals surface area contributed by atoms with Crippen molar-refractivity contribution in [2.75, 3.05) is 13.6 Å². The van der Waals surface area contributed by atoms with Crippen molar-refractivity contribution < 1.29 is 4.74 Å². The van der Waals surface area contributed by atoms with E-state index in [1.54, 1.807) is 0 Å². The van der Waals surface area contributed by atoms with E-state index in [4.69, 9.17) is 4.74 Å². The SMILES string of the molecule is CC(C)O[C@H]([C@@H]1CN1C)C(C)(C)C. The van der Waals surface area contributed by atoms with Crippen LogP contribution in [0.4, 0.5) is 0 Å². The molecule has 0 amide bonds. The lowest BCUT2D eigenvalue weighted by atomic mass is 9.86. The van der Waals surface area contributed by atoms with Gasteiger partial charge in [-0.2, -0.15) is 0 Å². The fourth-order valence-corrected chi connectivity index (χ4v) is 1.74. The molecule has 1 aliphatic rings. The standard InChI is InChI=1S/C11H23NO/c1-8(2)13-10(11(3,4)5)9-7-12(9)6/h8-10H,7H2,1-6H3/t9-,10+,12?/m0/s1. The first-order valence-electron chi connectivity index (χ1n) is 5.18. The van der Waals surface area contributed by atoms with E-state index >= 15 is 0 Å². The first-order valence-corrected chi connectivity index (χ1v) is 5.18. The summed E-state index contributed by atoms with van der Waals surface area (Å²) in [6, 6.07) is 0.641. The molecule has 0 N–H and O–H groups in total. The lowest BCUT2D eigenvalue weighted by molar-refractivity contribution is -0.0568. The van der Waals surface area contributed by atoms with Gasteiger partial charge in [-0.3, -0.25) is 4.90 Å². The van der Waals surface area contributed by atoms with Gasteiger partial charge in [-0.15, -0.1) is 0 Å². The lowest BCUT2D eigenvalue weighted by Gasteiger charge is -2.32. The van der Waals surface area contributed by atoms with Crippen molar-refractivity contribution in [2.45, 2.75) is 52.9 Å². The van der Waals surface area contributed by atoms with Crippen LogP contribution in [-0.2, 0) is 4.74 Å². The molecule has 0 bridgehead atoms. The molecule has 0 radical (unpaired) electrons. The fourth-order valence-electron chi connectivity index (χ4n) is 1.74. The van der Waals surface area contributed by atoms with E-state index in [0.29, 0.717) is 18.2 Å². The predicted octanol–water partition coefficient (Wildman–Crippen LogP) is 2.14. The van der Waals surface area contributed by atoms with Gasteiger partial charge in [0.05, 0.1) is 12.2 Å². The highest BCUT2D eigenvalue weighted by Crippen LogP contribution is 2.33. The number of hydrogen-bond donors (Lipinski definition) is 0. The number of likely N-dealkylation sites (N-methyl/N-ethyl adjacent to an activating group) is 1. The van der Waals surface area contributed by atoms with Crippen LogP contribution in [-0.4, -0.2) is 36.7 Å². The quantitative estimate of drug-likeness (QED) is 0.624. The lowest BCUT2D eigenvalue weighted by Crippen LogP contribution is -2.37. The van der Waals surface area contributed by atoms with Gasteiger partial charge in [0.2, 0.25) is 0 Å². The molecule has 0 aromatic heterocycles. The molecule has 1 rings (SSSR count). The van der Waals surface area contributed by atoms with Crippen molar-refractivity contribution in [3.63, 3.8) is 0 Å². The first-order chi connectivity index (χ1) is 5.82. The molecule has 0 saturated carbocycles.